The number of benzene rings is 2. The fourth-order valence-electron chi connectivity index (χ4n) is 3.28. The van der Waals surface area contributed by atoms with Crippen molar-refractivity contribution in [3.63, 3.8) is 0 Å². The van der Waals surface area contributed by atoms with Crippen molar-refractivity contribution in [3.05, 3.63) is 82.2 Å². The van der Waals surface area contributed by atoms with Crippen molar-refractivity contribution in [1.29, 1.82) is 0 Å². The van der Waals surface area contributed by atoms with Gasteiger partial charge in [0.15, 0.2) is 11.5 Å². The summed E-state index contributed by atoms with van der Waals surface area (Å²) in [7, 11) is 4.62. The Balaban J connectivity index is 1.61. The molecule has 8 heteroatoms. The largest absolute Gasteiger partial charge is 0.493 e. The van der Waals surface area contributed by atoms with Crippen LogP contribution in [0.4, 0.5) is 0 Å². The fraction of sp³-hybridized carbons (Fsp3) is 0.269. The van der Waals surface area contributed by atoms with Gasteiger partial charge in [-0.05, 0) is 55.3 Å². The van der Waals surface area contributed by atoms with Crippen LogP contribution in [-0.2, 0) is 22.7 Å². The van der Waals surface area contributed by atoms with Crippen LogP contribution in [-0.4, -0.2) is 43.2 Å². The van der Waals surface area contributed by atoms with Crippen LogP contribution in [0.5, 0.6) is 11.5 Å². The molecule has 0 aliphatic rings. The molecular formula is C26H28N2O6. The minimum Gasteiger partial charge on any atom is -0.493 e. The van der Waals surface area contributed by atoms with Crippen molar-refractivity contribution in [1.82, 2.24) is 10.1 Å². The molecule has 0 saturated heterocycles. The van der Waals surface area contributed by atoms with Crippen molar-refractivity contribution in [2.24, 2.45) is 0 Å². The highest BCUT2D eigenvalue weighted by atomic mass is 16.5. The van der Waals surface area contributed by atoms with Crippen LogP contribution in [0.25, 0.3) is 6.08 Å². The Morgan fingerprint density at radius 1 is 1.06 bits per heavy atom. The Kier molecular flexibility index (Phi) is 8.08. The second-order valence-electron chi connectivity index (χ2n) is 7.72. The van der Waals surface area contributed by atoms with Gasteiger partial charge in [-0.1, -0.05) is 23.4 Å². The standard InChI is InChI=1S/C26H28N2O6/c1-17-22(18(2)34-27-17)16-33-23-12-8-19(14-24(23)31-4)9-13-25(29)28(3)15-20-6-10-21(11-7-20)26(30)32-5/h6-14H,15-16H2,1-5H3/b13-9+. The van der Waals surface area contributed by atoms with Gasteiger partial charge in [-0.3, -0.25) is 4.79 Å². The molecule has 2 aromatic carbocycles. The van der Waals surface area contributed by atoms with Gasteiger partial charge >= 0.3 is 5.97 Å². The quantitative estimate of drug-likeness (QED) is 0.344. The number of amides is 1. The molecule has 3 rings (SSSR count). The molecule has 178 valence electrons. The third-order valence-corrected chi connectivity index (χ3v) is 5.33. The minimum atomic E-state index is -0.394. The predicted molar refractivity (Wildman–Crippen MR) is 127 cm³/mol. The number of methoxy groups -OCH3 is 2. The van der Waals surface area contributed by atoms with Gasteiger partial charge in [0.05, 0.1) is 31.0 Å². The van der Waals surface area contributed by atoms with E-state index in [0.717, 1.165) is 28.1 Å². The first-order chi connectivity index (χ1) is 16.3. The summed E-state index contributed by atoms with van der Waals surface area (Å²) in [5.41, 5.74) is 3.86. The summed E-state index contributed by atoms with van der Waals surface area (Å²) >= 11 is 0. The highest BCUT2D eigenvalue weighted by Gasteiger charge is 2.12. The Morgan fingerprint density at radius 2 is 1.79 bits per heavy atom. The normalized spacial score (nSPS) is 10.9. The molecule has 0 saturated carbocycles. The molecule has 34 heavy (non-hydrogen) atoms. The third kappa shape index (κ3) is 6.04. The van der Waals surface area contributed by atoms with Gasteiger partial charge in [0.25, 0.3) is 0 Å². The second-order valence-corrected chi connectivity index (χ2v) is 7.72. The molecule has 1 amide bonds. The zero-order valence-corrected chi connectivity index (χ0v) is 20.0. The monoisotopic (exact) mass is 464 g/mol. The number of rotatable bonds is 9. The maximum atomic E-state index is 12.6. The Hall–Kier alpha value is -4.07. The summed E-state index contributed by atoms with van der Waals surface area (Å²) in [6, 6.07) is 12.4. The van der Waals surface area contributed by atoms with Gasteiger partial charge in [-0.25, -0.2) is 4.79 Å². The van der Waals surface area contributed by atoms with Crippen LogP contribution in [0, 0.1) is 13.8 Å². The van der Waals surface area contributed by atoms with Crippen molar-refractivity contribution >= 4 is 18.0 Å². The number of carbonyl (C=O) groups excluding carboxylic acids is 2. The lowest BCUT2D eigenvalue weighted by molar-refractivity contribution is -0.125. The number of likely N-dealkylation sites (N-methyl/N-ethyl adjacent to an activating group) is 1. The average Bonchev–Trinajstić information content (AvgIpc) is 3.18. The van der Waals surface area contributed by atoms with Crippen molar-refractivity contribution < 1.29 is 28.3 Å². The van der Waals surface area contributed by atoms with Crippen LogP contribution in [0.15, 0.2) is 53.1 Å². The van der Waals surface area contributed by atoms with E-state index in [1.165, 1.54) is 13.2 Å². The van der Waals surface area contributed by atoms with Crippen LogP contribution in [0.2, 0.25) is 0 Å². The molecule has 0 aliphatic heterocycles. The molecule has 3 aromatic rings. The van der Waals surface area contributed by atoms with Crippen molar-refractivity contribution in [3.8, 4) is 11.5 Å². The third-order valence-electron chi connectivity index (χ3n) is 5.33. The first-order valence-corrected chi connectivity index (χ1v) is 10.7. The zero-order chi connectivity index (χ0) is 24.7. The Bertz CT molecular complexity index is 1160. The van der Waals surface area contributed by atoms with E-state index in [1.54, 1.807) is 61.5 Å². The first-order valence-electron chi connectivity index (χ1n) is 10.7. The number of hydrogen-bond donors (Lipinski definition) is 0. The molecule has 0 fully saturated rings. The number of carbonyl (C=O) groups is 2. The first kappa shape index (κ1) is 24.6. The van der Waals surface area contributed by atoms with E-state index in [1.807, 2.05) is 19.9 Å². The van der Waals surface area contributed by atoms with Gasteiger partial charge in [-0.2, -0.15) is 0 Å². The summed E-state index contributed by atoms with van der Waals surface area (Å²) in [6.07, 6.45) is 3.22. The topological polar surface area (TPSA) is 91.1 Å². The van der Waals surface area contributed by atoms with E-state index < -0.39 is 5.97 Å². The average molecular weight is 465 g/mol. The number of ether oxygens (including phenoxy) is 3. The fourth-order valence-corrected chi connectivity index (χ4v) is 3.28. The number of esters is 1. The lowest BCUT2D eigenvalue weighted by atomic mass is 10.1. The summed E-state index contributed by atoms with van der Waals surface area (Å²) in [5.74, 6) is 1.31. The highest BCUT2D eigenvalue weighted by molar-refractivity contribution is 5.92. The molecule has 0 bridgehead atoms. The lowest BCUT2D eigenvalue weighted by Crippen LogP contribution is -2.24. The molecule has 0 spiro atoms. The van der Waals surface area contributed by atoms with E-state index in [0.29, 0.717) is 30.2 Å². The maximum Gasteiger partial charge on any atom is 0.337 e. The Labute approximate surface area is 198 Å². The molecule has 1 heterocycles. The highest BCUT2D eigenvalue weighted by Crippen LogP contribution is 2.30. The number of aromatic nitrogens is 1. The van der Waals surface area contributed by atoms with Crippen molar-refractivity contribution in [2.45, 2.75) is 27.0 Å². The van der Waals surface area contributed by atoms with E-state index in [-0.39, 0.29) is 5.91 Å². The summed E-state index contributed by atoms with van der Waals surface area (Å²) < 4.78 is 21.2. The van der Waals surface area contributed by atoms with Gasteiger partial charge in [0, 0.05) is 19.7 Å². The summed E-state index contributed by atoms with van der Waals surface area (Å²) in [6.45, 7) is 4.43. The van der Waals surface area contributed by atoms with E-state index in [9.17, 15) is 9.59 Å². The van der Waals surface area contributed by atoms with Gasteiger partial charge in [0.1, 0.15) is 12.4 Å². The number of nitrogens with zero attached hydrogens (tertiary/aromatic N) is 2. The molecular weight excluding hydrogens is 436 g/mol. The van der Waals surface area contributed by atoms with E-state index >= 15 is 0 Å². The number of hydrogen-bond acceptors (Lipinski definition) is 7. The molecule has 0 N–H and O–H groups in total. The second kappa shape index (κ2) is 11.2. The van der Waals surface area contributed by atoms with Crippen LogP contribution in [0.3, 0.4) is 0 Å². The summed E-state index contributed by atoms with van der Waals surface area (Å²) in [4.78, 5) is 25.7. The van der Waals surface area contributed by atoms with Crippen LogP contribution >= 0.6 is 0 Å². The Morgan fingerprint density at radius 3 is 2.41 bits per heavy atom. The van der Waals surface area contributed by atoms with Gasteiger partial charge in [0.2, 0.25) is 5.91 Å². The molecule has 0 unspecified atom stereocenters. The molecule has 0 atom stereocenters. The van der Waals surface area contributed by atoms with Gasteiger partial charge in [-0.15, -0.1) is 0 Å². The predicted octanol–water partition coefficient (Wildman–Crippen LogP) is 4.34. The minimum absolute atomic E-state index is 0.158. The van der Waals surface area contributed by atoms with Crippen molar-refractivity contribution in [2.75, 3.05) is 21.3 Å². The van der Waals surface area contributed by atoms with Gasteiger partial charge < -0.3 is 23.6 Å². The molecule has 8 nitrogen and oxygen atoms in total. The lowest BCUT2D eigenvalue weighted by Gasteiger charge is -2.15. The maximum absolute atomic E-state index is 12.6. The van der Waals surface area contributed by atoms with E-state index in [2.05, 4.69) is 5.16 Å². The van der Waals surface area contributed by atoms with Crippen LogP contribution < -0.4 is 9.47 Å². The smallest absolute Gasteiger partial charge is 0.337 e. The zero-order valence-electron chi connectivity index (χ0n) is 20.0. The van der Waals surface area contributed by atoms with E-state index in [4.69, 9.17) is 18.7 Å². The number of aryl methyl sites for hydroxylation is 2. The SMILES string of the molecule is COC(=O)c1ccc(CN(C)C(=O)/C=C/c2ccc(OCc3c(C)noc3C)c(OC)c2)cc1. The molecule has 0 radical (unpaired) electrons. The molecule has 1 aromatic heterocycles. The summed E-state index contributed by atoms with van der Waals surface area (Å²) in [5, 5.41) is 3.93. The molecule has 0 aliphatic carbocycles. The van der Waals surface area contributed by atoms with Crippen LogP contribution in [0.1, 0.15) is 38.5 Å².